The van der Waals surface area contributed by atoms with Gasteiger partial charge >= 0.3 is 5.97 Å². The molecule has 0 bridgehead atoms. The second kappa shape index (κ2) is 9.16. The maximum Gasteiger partial charge on any atom is 0.303 e. The number of morpholine rings is 1. The van der Waals surface area contributed by atoms with E-state index in [4.69, 9.17) is 30.5 Å². The molecule has 1 aromatic heterocycles. The van der Waals surface area contributed by atoms with Gasteiger partial charge < -0.3 is 18.9 Å². The van der Waals surface area contributed by atoms with Crippen molar-refractivity contribution in [2.24, 2.45) is 0 Å². The number of nitrogens with zero attached hydrogens (tertiary/aromatic N) is 3. The lowest BCUT2D eigenvalue weighted by atomic mass is 10.2. The van der Waals surface area contributed by atoms with Gasteiger partial charge in [-0.15, -0.1) is 0 Å². The van der Waals surface area contributed by atoms with Gasteiger partial charge in [-0.2, -0.15) is 0 Å². The number of rotatable bonds is 7. The molecule has 8 nitrogen and oxygen atoms in total. The number of esters is 1. The lowest BCUT2D eigenvalue weighted by molar-refractivity contribution is -0.149. The van der Waals surface area contributed by atoms with E-state index < -0.39 is 6.10 Å². The van der Waals surface area contributed by atoms with E-state index in [0.717, 1.165) is 13.1 Å². The largest absolute Gasteiger partial charge is 0.493 e. The molecule has 3 rings (SSSR count). The fourth-order valence-corrected chi connectivity index (χ4v) is 3.11. The number of carbonyl (C=O) groups is 1. The van der Waals surface area contributed by atoms with Crippen LogP contribution in [0.25, 0.3) is 10.9 Å². The zero-order chi connectivity index (χ0) is 19.2. The van der Waals surface area contributed by atoms with Gasteiger partial charge in [-0.25, -0.2) is 9.97 Å². The maximum atomic E-state index is 11.5. The summed E-state index contributed by atoms with van der Waals surface area (Å²) in [5, 5.41) is 1.02. The topological polar surface area (TPSA) is 83.0 Å². The Labute approximate surface area is 162 Å². The first-order chi connectivity index (χ1) is 13.1. The van der Waals surface area contributed by atoms with E-state index in [-0.39, 0.29) is 12.6 Å². The third kappa shape index (κ3) is 5.18. The highest BCUT2D eigenvalue weighted by Crippen LogP contribution is 2.33. The molecule has 0 radical (unpaired) electrons. The van der Waals surface area contributed by atoms with Crippen LogP contribution in [0.3, 0.4) is 0 Å². The quantitative estimate of drug-likeness (QED) is 0.519. The fraction of sp³-hybridized carbons (Fsp3) is 0.500. The summed E-state index contributed by atoms with van der Waals surface area (Å²) >= 11 is 6.11. The van der Waals surface area contributed by atoms with E-state index in [1.54, 1.807) is 19.2 Å². The van der Waals surface area contributed by atoms with Crippen molar-refractivity contribution >= 4 is 28.5 Å². The van der Waals surface area contributed by atoms with Gasteiger partial charge in [0.2, 0.25) is 0 Å². The third-order valence-electron chi connectivity index (χ3n) is 4.20. The third-order valence-corrected chi connectivity index (χ3v) is 4.50. The Morgan fingerprint density at radius 3 is 2.78 bits per heavy atom. The van der Waals surface area contributed by atoms with Gasteiger partial charge in [0.05, 0.1) is 25.8 Å². The van der Waals surface area contributed by atoms with Crippen LogP contribution in [0.5, 0.6) is 11.5 Å². The van der Waals surface area contributed by atoms with Crippen LogP contribution in [0.15, 0.2) is 18.5 Å². The number of benzene rings is 1. The molecule has 1 fully saturated rings. The summed E-state index contributed by atoms with van der Waals surface area (Å²) in [7, 11) is 1.54. The van der Waals surface area contributed by atoms with Crippen molar-refractivity contribution in [3.05, 3.63) is 23.6 Å². The normalized spacial score (nSPS) is 16.1. The Hall–Kier alpha value is -2.16. The summed E-state index contributed by atoms with van der Waals surface area (Å²) in [5.74, 6) is 0.660. The summed E-state index contributed by atoms with van der Waals surface area (Å²) < 4.78 is 22.1. The molecule has 1 atom stereocenters. The number of fused-ring (bicyclic) bond motifs is 1. The molecular weight excluding hydrogens is 374 g/mol. The number of ether oxygens (including phenoxy) is 4. The van der Waals surface area contributed by atoms with Gasteiger partial charge in [-0.3, -0.25) is 9.69 Å². The van der Waals surface area contributed by atoms with Crippen LogP contribution >= 0.6 is 11.6 Å². The second-order valence-corrected chi connectivity index (χ2v) is 6.50. The Morgan fingerprint density at radius 2 is 2.07 bits per heavy atom. The number of aromatic nitrogens is 2. The highest BCUT2D eigenvalue weighted by Gasteiger charge is 2.21. The molecule has 0 saturated carbocycles. The van der Waals surface area contributed by atoms with Gasteiger partial charge in [-0.1, -0.05) is 11.6 Å². The van der Waals surface area contributed by atoms with Crippen LogP contribution in [0.4, 0.5) is 0 Å². The molecule has 1 saturated heterocycles. The zero-order valence-electron chi connectivity index (χ0n) is 15.3. The van der Waals surface area contributed by atoms with E-state index in [0.29, 0.717) is 47.3 Å². The van der Waals surface area contributed by atoms with Gasteiger partial charge in [0.25, 0.3) is 0 Å². The Kier molecular flexibility index (Phi) is 6.65. The van der Waals surface area contributed by atoms with Crippen LogP contribution in [0, 0.1) is 0 Å². The van der Waals surface area contributed by atoms with Crippen molar-refractivity contribution in [1.82, 2.24) is 14.9 Å². The molecule has 0 spiro atoms. The number of hydrogen-bond acceptors (Lipinski definition) is 8. The smallest absolute Gasteiger partial charge is 0.303 e. The highest BCUT2D eigenvalue weighted by atomic mass is 35.5. The van der Waals surface area contributed by atoms with Crippen molar-refractivity contribution in [2.45, 2.75) is 13.0 Å². The maximum absolute atomic E-state index is 11.5. The Bertz CT molecular complexity index is 798. The molecule has 2 aromatic rings. The molecule has 146 valence electrons. The van der Waals surface area contributed by atoms with Crippen LogP contribution in [-0.2, 0) is 14.3 Å². The average molecular weight is 396 g/mol. The molecule has 2 heterocycles. The molecule has 1 unspecified atom stereocenters. The number of halogens is 1. The van der Waals surface area contributed by atoms with Gasteiger partial charge in [0.15, 0.2) is 11.5 Å². The number of carbonyl (C=O) groups excluding carboxylic acids is 1. The standard InChI is InChI=1S/C18H22ClN3O5/c1-12(23)27-13(9-22-3-5-25-6-4-22)10-26-17-8-15-14(7-16(17)24-2)18(19)21-11-20-15/h7-8,11,13H,3-6,9-10H2,1-2H3. The predicted molar refractivity (Wildman–Crippen MR) is 99.4 cm³/mol. The lowest BCUT2D eigenvalue weighted by Gasteiger charge is -2.30. The van der Waals surface area contributed by atoms with E-state index >= 15 is 0 Å². The minimum Gasteiger partial charge on any atom is -0.493 e. The molecule has 1 aliphatic heterocycles. The molecular formula is C18H22ClN3O5. The molecule has 27 heavy (non-hydrogen) atoms. The first kappa shape index (κ1) is 19.6. The molecule has 1 aliphatic rings. The van der Waals surface area contributed by atoms with E-state index in [9.17, 15) is 4.79 Å². The summed E-state index contributed by atoms with van der Waals surface area (Å²) in [6.07, 6.45) is 0.982. The molecule has 0 N–H and O–H groups in total. The summed E-state index contributed by atoms with van der Waals surface area (Å²) in [6, 6.07) is 3.47. The zero-order valence-corrected chi connectivity index (χ0v) is 16.1. The molecule has 0 aliphatic carbocycles. The van der Waals surface area contributed by atoms with Gasteiger partial charge in [0, 0.05) is 38.0 Å². The van der Waals surface area contributed by atoms with Crippen molar-refractivity contribution in [2.75, 3.05) is 46.6 Å². The monoisotopic (exact) mass is 395 g/mol. The van der Waals surface area contributed by atoms with Crippen LogP contribution in [-0.4, -0.2) is 73.5 Å². The van der Waals surface area contributed by atoms with Crippen molar-refractivity contribution < 1.29 is 23.7 Å². The van der Waals surface area contributed by atoms with Gasteiger partial charge in [-0.05, 0) is 6.07 Å². The SMILES string of the molecule is COc1cc2c(Cl)ncnc2cc1OCC(CN1CCOCC1)OC(C)=O. The summed E-state index contributed by atoms with van der Waals surface area (Å²) in [6.45, 7) is 5.10. The van der Waals surface area contributed by atoms with Crippen LogP contribution in [0.2, 0.25) is 5.15 Å². The summed E-state index contributed by atoms with van der Waals surface area (Å²) in [4.78, 5) is 21.8. The van der Waals surface area contributed by atoms with E-state index in [1.165, 1.54) is 13.3 Å². The lowest BCUT2D eigenvalue weighted by Crippen LogP contribution is -2.43. The average Bonchev–Trinajstić information content (AvgIpc) is 2.66. The van der Waals surface area contributed by atoms with E-state index in [1.807, 2.05) is 0 Å². The van der Waals surface area contributed by atoms with Crippen molar-refractivity contribution in [3.8, 4) is 11.5 Å². The van der Waals surface area contributed by atoms with Crippen LogP contribution in [0.1, 0.15) is 6.92 Å². The minimum atomic E-state index is -0.407. The number of hydrogen-bond donors (Lipinski definition) is 0. The second-order valence-electron chi connectivity index (χ2n) is 6.14. The Balaban J connectivity index is 1.74. The minimum absolute atomic E-state index is 0.192. The van der Waals surface area contributed by atoms with Gasteiger partial charge in [0.1, 0.15) is 24.2 Å². The highest BCUT2D eigenvalue weighted by molar-refractivity contribution is 6.34. The Morgan fingerprint density at radius 1 is 1.30 bits per heavy atom. The van der Waals surface area contributed by atoms with E-state index in [2.05, 4.69) is 14.9 Å². The first-order valence-corrected chi connectivity index (χ1v) is 9.03. The summed E-state index contributed by atoms with van der Waals surface area (Å²) in [5.41, 5.74) is 0.642. The van der Waals surface area contributed by atoms with Crippen molar-refractivity contribution in [1.29, 1.82) is 0 Å². The fourth-order valence-electron chi connectivity index (χ4n) is 2.92. The van der Waals surface area contributed by atoms with Crippen molar-refractivity contribution in [3.63, 3.8) is 0 Å². The molecule has 1 aromatic carbocycles. The first-order valence-electron chi connectivity index (χ1n) is 8.65. The predicted octanol–water partition coefficient (Wildman–Crippen LogP) is 1.93. The molecule has 9 heteroatoms. The molecule has 0 amide bonds. The van der Waals surface area contributed by atoms with Crippen LogP contribution < -0.4 is 9.47 Å². The number of methoxy groups -OCH3 is 1.